The first-order valence-electron chi connectivity index (χ1n) is 6.03. The highest BCUT2D eigenvalue weighted by atomic mass is 79.9. The van der Waals surface area contributed by atoms with Crippen molar-refractivity contribution in [2.75, 3.05) is 0 Å². The summed E-state index contributed by atoms with van der Waals surface area (Å²) in [7, 11) is 0. The molecular weight excluding hydrogens is 283 g/mol. The number of benzene rings is 1. The van der Waals surface area contributed by atoms with Crippen LogP contribution in [0.5, 0.6) is 0 Å². The molecule has 1 nitrogen and oxygen atoms in total. The molecular formula is C14H16BrFO. The zero-order chi connectivity index (χ0) is 12.4. The van der Waals surface area contributed by atoms with Crippen molar-refractivity contribution in [1.29, 1.82) is 0 Å². The zero-order valence-corrected chi connectivity index (χ0v) is 11.5. The molecule has 1 aromatic carbocycles. The lowest BCUT2D eigenvalue weighted by Gasteiger charge is -2.25. The Kier molecular flexibility index (Phi) is 3.97. The second kappa shape index (κ2) is 5.30. The number of carbonyl (C=O) groups is 1. The lowest BCUT2D eigenvalue weighted by atomic mass is 9.78. The molecule has 0 aliphatic heterocycles. The van der Waals surface area contributed by atoms with Crippen LogP contribution in [0.4, 0.5) is 4.39 Å². The number of Topliss-reactive ketones (excluding diaryl/α,β-unsaturated/α-hetero) is 1. The Labute approximate surface area is 110 Å². The normalized spacial score (nSPS) is 25.0. The molecule has 0 spiro atoms. The van der Waals surface area contributed by atoms with E-state index < -0.39 is 0 Å². The molecule has 0 amide bonds. The van der Waals surface area contributed by atoms with Gasteiger partial charge in [0.2, 0.25) is 0 Å². The van der Waals surface area contributed by atoms with E-state index in [1.165, 1.54) is 6.07 Å². The highest BCUT2D eigenvalue weighted by molar-refractivity contribution is 9.10. The monoisotopic (exact) mass is 298 g/mol. The lowest BCUT2D eigenvalue weighted by molar-refractivity contribution is -0.125. The molecule has 1 aliphatic carbocycles. The van der Waals surface area contributed by atoms with Crippen LogP contribution in [0.2, 0.25) is 0 Å². The molecule has 0 bridgehead atoms. The molecule has 2 unspecified atom stereocenters. The molecule has 3 heteroatoms. The largest absolute Gasteiger partial charge is 0.299 e. The summed E-state index contributed by atoms with van der Waals surface area (Å²) in [6, 6.07) is 4.92. The lowest BCUT2D eigenvalue weighted by Crippen LogP contribution is -2.25. The van der Waals surface area contributed by atoms with Gasteiger partial charge in [-0.15, -0.1) is 0 Å². The summed E-state index contributed by atoms with van der Waals surface area (Å²) in [4.78, 5) is 11.8. The molecule has 1 saturated carbocycles. The average molecular weight is 299 g/mol. The number of rotatable bonds is 2. The summed E-state index contributed by atoms with van der Waals surface area (Å²) in [5.41, 5.74) is 0.645. The van der Waals surface area contributed by atoms with Gasteiger partial charge in [-0.05, 0) is 48.9 Å². The molecule has 0 aromatic heterocycles. The van der Waals surface area contributed by atoms with Crippen molar-refractivity contribution in [2.45, 2.75) is 32.6 Å². The number of ketones is 1. The number of hydrogen-bond donors (Lipinski definition) is 0. The predicted molar refractivity (Wildman–Crippen MR) is 69.3 cm³/mol. The molecule has 1 aliphatic rings. The van der Waals surface area contributed by atoms with Crippen molar-refractivity contribution in [3.05, 3.63) is 34.1 Å². The van der Waals surface area contributed by atoms with Gasteiger partial charge >= 0.3 is 0 Å². The molecule has 2 rings (SSSR count). The molecule has 17 heavy (non-hydrogen) atoms. The van der Waals surface area contributed by atoms with E-state index in [9.17, 15) is 9.18 Å². The maximum absolute atomic E-state index is 13.6. The molecule has 2 atom stereocenters. The van der Waals surface area contributed by atoms with Crippen molar-refractivity contribution in [1.82, 2.24) is 0 Å². The first-order valence-corrected chi connectivity index (χ1v) is 6.82. The quantitative estimate of drug-likeness (QED) is 0.802. The van der Waals surface area contributed by atoms with E-state index in [0.29, 0.717) is 30.1 Å². The van der Waals surface area contributed by atoms with Crippen molar-refractivity contribution >= 4 is 21.7 Å². The average Bonchev–Trinajstić information content (AvgIpc) is 2.28. The third kappa shape index (κ3) is 3.15. The second-order valence-corrected chi connectivity index (χ2v) is 5.90. The Balaban J connectivity index is 2.14. The number of halogens is 2. The number of hydrogen-bond acceptors (Lipinski definition) is 1. The first-order chi connectivity index (χ1) is 8.06. The van der Waals surface area contributed by atoms with Crippen molar-refractivity contribution in [2.24, 2.45) is 11.8 Å². The van der Waals surface area contributed by atoms with E-state index in [-0.39, 0.29) is 11.7 Å². The smallest absolute Gasteiger partial charge is 0.136 e. The minimum Gasteiger partial charge on any atom is -0.299 e. The Hall–Kier alpha value is -0.700. The maximum Gasteiger partial charge on any atom is 0.136 e. The van der Waals surface area contributed by atoms with Gasteiger partial charge in [-0.2, -0.15) is 0 Å². The van der Waals surface area contributed by atoms with Crippen LogP contribution in [0.15, 0.2) is 22.7 Å². The van der Waals surface area contributed by atoms with E-state index in [1.54, 1.807) is 12.1 Å². The van der Waals surface area contributed by atoms with Gasteiger partial charge in [0.05, 0.1) is 0 Å². The van der Waals surface area contributed by atoms with Gasteiger partial charge in [0.1, 0.15) is 11.6 Å². The second-order valence-electron chi connectivity index (χ2n) is 4.98. The molecule has 1 fully saturated rings. The standard InChI is InChI=1S/C14H16BrFO/c1-9-2-5-14(17)11(6-9)7-10-8-12(15)3-4-13(10)16/h3-4,8-9,11H,2,5-7H2,1H3. The van der Waals surface area contributed by atoms with Gasteiger partial charge in [0, 0.05) is 16.8 Å². The van der Waals surface area contributed by atoms with Crippen molar-refractivity contribution in [3.63, 3.8) is 0 Å². The minimum absolute atomic E-state index is 0.00236. The summed E-state index contributed by atoms with van der Waals surface area (Å²) in [5.74, 6) is 0.664. The summed E-state index contributed by atoms with van der Waals surface area (Å²) >= 11 is 3.34. The van der Waals surface area contributed by atoms with Crippen LogP contribution >= 0.6 is 15.9 Å². The Morgan fingerprint density at radius 1 is 1.47 bits per heavy atom. The Morgan fingerprint density at radius 2 is 2.24 bits per heavy atom. The van der Waals surface area contributed by atoms with Gasteiger partial charge in [0.25, 0.3) is 0 Å². The SMILES string of the molecule is CC1CCC(=O)C(Cc2cc(Br)ccc2F)C1. The van der Waals surface area contributed by atoms with Gasteiger partial charge < -0.3 is 0 Å². The zero-order valence-electron chi connectivity index (χ0n) is 9.88. The van der Waals surface area contributed by atoms with Crippen molar-refractivity contribution < 1.29 is 9.18 Å². The summed E-state index contributed by atoms with van der Waals surface area (Å²) in [6.07, 6.45) is 3.07. The topological polar surface area (TPSA) is 17.1 Å². The van der Waals surface area contributed by atoms with Crippen LogP contribution in [0, 0.1) is 17.7 Å². The highest BCUT2D eigenvalue weighted by Gasteiger charge is 2.27. The highest BCUT2D eigenvalue weighted by Crippen LogP contribution is 2.29. The van der Waals surface area contributed by atoms with Gasteiger partial charge in [0.15, 0.2) is 0 Å². The van der Waals surface area contributed by atoms with Gasteiger partial charge in [-0.1, -0.05) is 22.9 Å². The van der Waals surface area contributed by atoms with Gasteiger partial charge in [-0.3, -0.25) is 4.79 Å². The van der Waals surface area contributed by atoms with Crippen molar-refractivity contribution in [3.8, 4) is 0 Å². The van der Waals surface area contributed by atoms with Gasteiger partial charge in [-0.25, -0.2) is 4.39 Å². The molecule has 1 aromatic rings. The fraction of sp³-hybridized carbons (Fsp3) is 0.500. The fourth-order valence-corrected chi connectivity index (χ4v) is 2.90. The summed E-state index contributed by atoms with van der Waals surface area (Å²) < 4.78 is 14.5. The van der Waals surface area contributed by atoms with Crippen LogP contribution in [-0.2, 0) is 11.2 Å². The molecule has 0 saturated heterocycles. The van der Waals surface area contributed by atoms with Crippen LogP contribution < -0.4 is 0 Å². The van der Waals surface area contributed by atoms with Crippen LogP contribution in [-0.4, -0.2) is 5.78 Å². The van der Waals surface area contributed by atoms with E-state index >= 15 is 0 Å². The van der Waals surface area contributed by atoms with E-state index in [2.05, 4.69) is 22.9 Å². The molecule has 0 N–H and O–H groups in total. The van der Waals surface area contributed by atoms with E-state index in [1.807, 2.05) is 0 Å². The van der Waals surface area contributed by atoms with E-state index in [4.69, 9.17) is 0 Å². The third-order valence-corrected chi connectivity index (χ3v) is 3.99. The Bertz CT molecular complexity index is 430. The predicted octanol–water partition coefficient (Wildman–Crippen LogP) is 4.14. The molecule has 0 radical (unpaired) electrons. The molecule has 92 valence electrons. The number of carbonyl (C=O) groups excluding carboxylic acids is 1. The fourth-order valence-electron chi connectivity index (χ4n) is 2.49. The maximum atomic E-state index is 13.6. The Morgan fingerprint density at radius 3 is 3.00 bits per heavy atom. The van der Waals surface area contributed by atoms with Crippen LogP contribution in [0.1, 0.15) is 31.7 Å². The molecule has 0 heterocycles. The van der Waals surface area contributed by atoms with E-state index in [0.717, 1.165) is 17.3 Å². The van der Waals surface area contributed by atoms with Crippen LogP contribution in [0.25, 0.3) is 0 Å². The minimum atomic E-state index is -0.209. The first kappa shape index (κ1) is 12.7. The summed E-state index contributed by atoms with van der Waals surface area (Å²) in [5, 5.41) is 0. The summed E-state index contributed by atoms with van der Waals surface area (Å²) in [6.45, 7) is 2.16. The van der Waals surface area contributed by atoms with Crippen LogP contribution in [0.3, 0.4) is 0 Å². The third-order valence-electron chi connectivity index (χ3n) is 3.50.